The average molecular weight is 269 g/mol. The van der Waals surface area contributed by atoms with E-state index >= 15 is 0 Å². The number of thioether (sulfide) groups is 1. The quantitative estimate of drug-likeness (QED) is 0.808. The summed E-state index contributed by atoms with van der Waals surface area (Å²) >= 11 is 1.74. The molecule has 0 amide bonds. The Hall–Kier alpha value is -1.74. The second kappa shape index (κ2) is 5.49. The number of hydrogen-bond donors (Lipinski definition) is 0. The van der Waals surface area contributed by atoms with Crippen LogP contribution in [-0.4, -0.2) is 11.7 Å². The molecular weight excluding hydrogens is 254 g/mol. The van der Waals surface area contributed by atoms with Gasteiger partial charge in [-0.2, -0.15) is 0 Å². The zero-order chi connectivity index (χ0) is 13.1. The predicted octanol–water partition coefficient (Wildman–Crippen LogP) is 4.35. The smallest absolute Gasteiger partial charge is 0.145 e. The maximum absolute atomic E-state index is 5.69. The summed E-state index contributed by atoms with van der Waals surface area (Å²) in [6.07, 6.45) is 0. The second-order valence-corrected chi connectivity index (χ2v) is 5.58. The van der Waals surface area contributed by atoms with E-state index in [0.29, 0.717) is 6.61 Å². The van der Waals surface area contributed by atoms with Crippen LogP contribution in [0.3, 0.4) is 0 Å². The van der Waals surface area contributed by atoms with Crippen molar-refractivity contribution in [1.29, 1.82) is 0 Å². The first kappa shape index (κ1) is 12.3. The summed E-state index contributed by atoms with van der Waals surface area (Å²) in [5.74, 6) is 1.81. The van der Waals surface area contributed by atoms with Crippen molar-refractivity contribution in [3.05, 3.63) is 59.7 Å². The molecule has 0 aromatic heterocycles. The Kier molecular flexibility index (Phi) is 3.56. The number of para-hydroxylation sites is 2. The molecule has 2 nitrogen and oxygen atoms in total. The molecule has 2 aromatic rings. The Morgan fingerprint density at radius 1 is 1.11 bits per heavy atom. The van der Waals surface area contributed by atoms with Crippen molar-refractivity contribution >= 4 is 22.5 Å². The maximum atomic E-state index is 5.69. The lowest BCUT2D eigenvalue weighted by Gasteiger charge is -2.16. The van der Waals surface area contributed by atoms with Gasteiger partial charge in [0.1, 0.15) is 23.1 Å². The molecule has 0 N–H and O–H groups in total. The third-order valence-electron chi connectivity index (χ3n) is 2.99. The minimum atomic E-state index is 0.577. The number of hydrogen-bond acceptors (Lipinski definition) is 3. The summed E-state index contributed by atoms with van der Waals surface area (Å²) in [4.78, 5) is 4.63. The van der Waals surface area contributed by atoms with E-state index < -0.39 is 0 Å². The summed E-state index contributed by atoms with van der Waals surface area (Å²) in [5, 5.41) is 1.04. The molecule has 0 saturated carbocycles. The SMILES string of the molecule is Cc1ccc(CSC2=Nc3ccccc3OC2)cc1. The molecule has 0 unspecified atom stereocenters. The minimum absolute atomic E-state index is 0.577. The number of fused-ring (bicyclic) bond motifs is 1. The molecule has 0 radical (unpaired) electrons. The number of aliphatic imine (C=N–C) groups is 1. The molecule has 96 valence electrons. The first-order valence-corrected chi connectivity index (χ1v) is 7.27. The van der Waals surface area contributed by atoms with E-state index in [1.54, 1.807) is 11.8 Å². The van der Waals surface area contributed by atoms with Gasteiger partial charge in [0, 0.05) is 5.75 Å². The third kappa shape index (κ3) is 2.99. The molecule has 0 fully saturated rings. The molecule has 0 saturated heterocycles. The topological polar surface area (TPSA) is 21.6 Å². The lowest BCUT2D eigenvalue weighted by molar-refractivity contribution is 0.375. The van der Waals surface area contributed by atoms with E-state index in [0.717, 1.165) is 22.2 Å². The van der Waals surface area contributed by atoms with Crippen molar-refractivity contribution in [3.63, 3.8) is 0 Å². The van der Waals surface area contributed by atoms with Gasteiger partial charge in [-0.15, -0.1) is 11.8 Å². The molecule has 19 heavy (non-hydrogen) atoms. The zero-order valence-electron chi connectivity index (χ0n) is 10.8. The highest BCUT2D eigenvalue weighted by molar-refractivity contribution is 8.13. The van der Waals surface area contributed by atoms with E-state index in [2.05, 4.69) is 36.2 Å². The van der Waals surface area contributed by atoms with Crippen LogP contribution in [0.15, 0.2) is 53.5 Å². The molecule has 3 rings (SSSR count). The molecule has 0 spiro atoms. The van der Waals surface area contributed by atoms with Gasteiger partial charge in [-0.3, -0.25) is 0 Å². The molecule has 1 aliphatic rings. The van der Waals surface area contributed by atoms with Crippen LogP contribution in [-0.2, 0) is 5.75 Å². The van der Waals surface area contributed by atoms with Crippen molar-refractivity contribution in [3.8, 4) is 5.75 Å². The van der Waals surface area contributed by atoms with Crippen LogP contribution in [0.4, 0.5) is 5.69 Å². The number of ether oxygens (including phenoxy) is 1. The van der Waals surface area contributed by atoms with E-state index in [-0.39, 0.29) is 0 Å². The van der Waals surface area contributed by atoms with Crippen molar-refractivity contribution in [2.45, 2.75) is 12.7 Å². The first-order chi connectivity index (χ1) is 9.31. The monoisotopic (exact) mass is 269 g/mol. The third-order valence-corrected chi connectivity index (χ3v) is 4.01. The van der Waals surface area contributed by atoms with Gasteiger partial charge >= 0.3 is 0 Å². The van der Waals surface area contributed by atoms with E-state index in [1.165, 1.54) is 11.1 Å². The Labute approximate surface area is 117 Å². The Bertz CT molecular complexity index is 604. The molecule has 3 heteroatoms. The fourth-order valence-corrected chi connectivity index (χ4v) is 2.73. The van der Waals surface area contributed by atoms with Gasteiger partial charge < -0.3 is 4.74 Å². The molecule has 0 aliphatic carbocycles. The van der Waals surface area contributed by atoms with Crippen molar-refractivity contribution < 1.29 is 4.74 Å². The number of rotatable bonds is 2. The lowest BCUT2D eigenvalue weighted by atomic mass is 10.2. The molecule has 1 heterocycles. The standard InChI is InChI=1S/C16H15NOS/c1-12-6-8-13(9-7-12)11-19-16-10-18-15-5-3-2-4-14(15)17-16/h2-9H,10-11H2,1H3. The van der Waals surface area contributed by atoms with E-state index in [1.807, 2.05) is 24.3 Å². The second-order valence-electron chi connectivity index (χ2n) is 4.54. The van der Waals surface area contributed by atoms with Crippen molar-refractivity contribution in [2.75, 3.05) is 6.61 Å². The predicted molar refractivity (Wildman–Crippen MR) is 81.5 cm³/mol. The highest BCUT2D eigenvalue weighted by Crippen LogP contribution is 2.32. The van der Waals surface area contributed by atoms with E-state index in [4.69, 9.17) is 4.74 Å². The lowest BCUT2D eigenvalue weighted by Crippen LogP contribution is -2.11. The number of aryl methyl sites for hydroxylation is 1. The van der Waals surface area contributed by atoms with Crippen molar-refractivity contribution in [1.82, 2.24) is 0 Å². The van der Waals surface area contributed by atoms with Crippen LogP contribution >= 0.6 is 11.8 Å². The zero-order valence-corrected chi connectivity index (χ0v) is 11.6. The van der Waals surface area contributed by atoms with Crippen LogP contribution in [0.1, 0.15) is 11.1 Å². The Balaban J connectivity index is 1.68. The van der Waals surface area contributed by atoms with Crippen LogP contribution in [0.25, 0.3) is 0 Å². The summed E-state index contributed by atoms with van der Waals surface area (Å²) in [6.45, 7) is 2.68. The van der Waals surface area contributed by atoms with Gasteiger partial charge in [0.15, 0.2) is 0 Å². The fraction of sp³-hybridized carbons (Fsp3) is 0.188. The highest BCUT2D eigenvalue weighted by Gasteiger charge is 2.12. The van der Waals surface area contributed by atoms with Crippen molar-refractivity contribution in [2.24, 2.45) is 4.99 Å². The average Bonchev–Trinajstić information content (AvgIpc) is 2.46. The van der Waals surface area contributed by atoms with Gasteiger partial charge in [-0.25, -0.2) is 4.99 Å². The summed E-state index contributed by atoms with van der Waals surface area (Å²) in [7, 11) is 0. The van der Waals surface area contributed by atoms with Crippen LogP contribution in [0, 0.1) is 6.92 Å². The first-order valence-electron chi connectivity index (χ1n) is 6.29. The van der Waals surface area contributed by atoms with Gasteiger partial charge in [0.2, 0.25) is 0 Å². The van der Waals surface area contributed by atoms with Gasteiger partial charge in [0.25, 0.3) is 0 Å². The van der Waals surface area contributed by atoms with Gasteiger partial charge in [-0.1, -0.05) is 42.0 Å². The molecular formula is C16H15NOS. The van der Waals surface area contributed by atoms with Crippen LogP contribution in [0.2, 0.25) is 0 Å². The number of nitrogens with zero attached hydrogens (tertiary/aromatic N) is 1. The van der Waals surface area contributed by atoms with E-state index in [9.17, 15) is 0 Å². The molecule has 0 atom stereocenters. The summed E-state index contributed by atoms with van der Waals surface area (Å²) in [5.41, 5.74) is 3.54. The van der Waals surface area contributed by atoms with Gasteiger partial charge in [-0.05, 0) is 24.6 Å². The normalized spacial score (nSPS) is 13.4. The number of benzene rings is 2. The largest absolute Gasteiger partial charge is 0.484 e. The molecule has 1 aliphatic heterocycles. The molecule has 2 aromatic carbocycles. The van der Waals surface area contributed by atoms with Crippen LogP contribution in [0.5, 0.6) is 5.75 Å². The summed E-state index contributed by atoms with van der Waals surface area (Å²) in [6, 6.07) is 16.5. The Morgan fingerprint density at radius 2 is 1.89 bits per heavy atom. The van der Waals surface area contributed by atoms with Crippen LogP contribution < -0.4 is 4.74 Å². The summed E-state index contributed by atoms with van der Waals surface area (Å²) < 4.78 is 5.69. The Morgan fingerprint density at radius 3 is 2.74 bits per heavy atom. The fourth-order valence-electron chi connectivity index (χ4n) is 1.90. The molecule has 0 bridgehead atoms. The van der Waals surface area contributed by atoms with Gasteiger partial charge in [0.05, 0.1) is 0 Å². The minimum Gasteiger partial charge on any atom is -0.484 e. The highest BCUT2D eigenvalue weighted by atomic mass is 32.2. The maximum Gasteiger partial charge on any atom is 0.145 e.